The maximum absolute atomic E-state index is 12.8. The monoisotopic (exact) mass is 468 g/mol. The highest BCUT2D eigenvalue weighted by Gasteiger charge is 2.25. The van der Waals surface area contributed by atoms with Gasteiger partial charge in [-0.25, -0.2) is 9.78 Å². The SMILES string of the molecule is Cc1noc(C(C)C)c1C(=O)N(C)Cc1nsc(NC(=O)NCc2ccc(Cl)s2)n1. The number of rotatable bonds is 7. The van der Waals surface area contributed by atoms with Gasteiger partial charge >= 0.3 is 6.03 Å². The Morgan fingerprint density at radius 2 is 2.10 bits per heavy atom. The molecule has 0 fully saturated rings. The lowest BCUT2D eigenvalue weighted by atomic mass is 10.0. The third-order valence-corrected chi connectivity index (χ3v) is 5.99. The van der Waals surface area contributed by atoms with Gasteiger partial charge in [-0.15, -0.1) is 11.3 Å². The average Bonchev–Trinajstić information content (AvgIpc) is 3.40. The molecule has 0 radical (unpaired) electrons. The van der Waals surface area contributed by atoms with Crippen molar-refractivity contribution in [1.82, 2.24) is 24.7 Å². The molecule has 3 amide bonds. The summed E-state index contributed by atoms with van der Waals surface area (Å²) in [7, 11) is 1.66. The molecule has 3 aromatic rings. The number of hydrogen-bond donors (Lipinski definition) is 2. The van der Waals surface area contributed by atoms with E-state index in [0.717, 1.165) is 16.4 Å². The Balaban J connectivity index is 1.56. The van der Waals surface area contributed by atoms with Crippen molar-refractivity contribution in [3.05, 3.63) is 44.2 Å². The first kappa shape index (κ1) is 22.2. The highest BCUT2D eigenvalue weighted by molar-refractivity contribution is 7.16. The van der Waals surface area contributed by atoms with E-state index in [0.29, 0.717) is 38.9 Å². The normalized spacial score (nSPS) is 11.0. The smallest absolute Gasteiger partial charge is 0.321 e. The summed E-state index contributed by atoms with van der Waals surface area (Å²) in [6.45, 7) is 6.17. The summed E-state index contributed by atoms with van der Waals surface area (Å²) in [6.07, 6.45) is 0. The van der Waals surface area contributed by atoms with E-state index in [9.17, 15) is 9.59 Å². The van der Waals surface area contributed by atoms with Crippen LogP contribution in [0.4, 0.5) is 9.93 Å². The molecule has 0 bridgehead atoms. The molecule has 0 aliphatic heterocycles. The minimum atomic E-state index is -0.395. The number of thiophene rings is 1. The van der Waals surface area contributed by atoms with E-state index in [1.165, 1.54) is 16.2 Å². The largest absolute Gasteiger partial charge is 0.360 e. The molecule has 3 aromatic heterocycles. The Hall–Kier alpha value is -2.50. The topological polar surface area (TPSA) is 113 Å². The highest BCUT2D eigenvalue weighted by atomic mass is 35.5. The zero-order chi connectivity index (χ0) is 21.8. The molecule has 3 rings (SSSR count). The van der Waals surface area contributed by atoms with Gasteiger partial charge in [0.15, 0.2) is 11.6 Å². The van der Waals surface area contributed by atoms with Crippen molar-refractivity contribution in [2.75, 3.05) is 12.4 Å². The van der Waals surface area contributed by atoms with Gasteiger partial charge in [0.05, 0.1) is 23.1 Å². The molecule has 3 heterocycles. The van der Waals surface area contributed by atoms with Crippen LogP contribution in [0.25, 0.3) is 0 Å². The quantitative estimate of drug-likeness (QED) is 0.535. The maximum atomic E-state index is 12.8. The number of nitrogens with zero attached hydrogens (tertiary/aromatic N) is 4. The van der Waals surface area contributed by atoms with Crippen molar-refractivity contribution in [3.8, 4) is 0 Å². The summed E-state index contributed by atoms with van der Waals surface area (Å²) < 4.78 is 10.2. The van der Waals surface area contributed by atoms with Gasteiger partial charge in [-0.05, 0) is 19.1 Å². The van der Waals surface area contributed by atoms with Gasteiger partial charge in [-0.3, -0.25) is 10.1 Å². The second kappa shape index (κ2) is 9.54. The standard InChI is InChI=1S/C18H21ClN6O3S2/c1-9(2)15-14(10(3)23-28-15)16(26)25(4)8-13-21-18(30-24-13)22-17(27)20-7-11-5-6-12(19)29-11/h5-6,9H,7-8H2,1-4H3,(H2,20,21,22,24,27). The summed E-state index contributed by atoms with van der Waals surface area (Å²) in [4.78, 5) is 31.6. The lowest BCUT2D eigenvalue weighted by molar-refractivity contribution is 0.0778. The molecule has 0 aliphatic rings. The minimum Gasteiger partial charge on any atom is -0.360 e. The Bertz CT molecular complexity index is 1040. The van der Waals surface area contributed by atoms with Crippen LogP contribution in [-0.2, 0) is 13.1 Å². The van der Waals surface area contributed by atoms with Crippen LogP contribution >= 0.6 is 34.5 Å². The fraction of sp³-hybridized carbons (Fsp3) is 0.389. The van der Waals surface area contributed by atoms with E-state index in [1.807, 2.05) is 19.9 Å². The van der Waals surface area contributed by atoms with Crippen molar-refractivity contribution < 1.29 is 14.1 Å². The van der Waals surface area contributed by atoms with Crippen LogP contribution in [0.5, 0.6) is 0 Å². The minimum absolute atomic E-state index is 0.0375. The van der Waals surface area contributed by atoms with Gasteiger partial charge in [0.2, 0.25) is 5.13 Å². The molecular formula is C18H21ClN6O3S2. The second-order valence-electron chi connectivity index (χ2n) is 6.85. The number of urea groups is 1. The number of hydrogen-bond acceptors (Lipinski definition) is 8. The van der Waals surface area contributed by atoms with Gasteiger partial charge in [-0.2, -0.15) is 4.37 Å². The zero-order valence-corrected chi connectivity index (χ0v) is 19.2. The van der Waals surface area contributed by atoms with Gasteiger partial charge in [0.25, 0.3) is 5.91 Å². The number of amides is 3. The molecule has 30 heavy (non-hydrogen) atoms. The van der Waals surface area contributed by atoms with Crippen LogP contribution in [0.15, 0.2) is 16.7 Å². The molecular weight excluding hydrogens is 448 g/mol. The lowest BCUT2D eigenvalue weighted by Gasteiger charge is -2.15. The van der Waals surface area contributed by atoms with Crippen molar-refractivity contribution in [3.63, 3.8) is 0 Å². The van der Waals surface area contributed by atoms with E-state index in [4.69, 9.17) is 16.1 Å². The molecule has 12 heteroatoms. The summed E-state index contributed by atoms with van der Waals surface area (Å²) >= 11 is 8.32. The Labute approximate surface area is 186 Å². The molecule has 0 unspecified atom stereocenters. The van der Waals surface area contributed by atoms with E-state index >= 15 is 0 Å². The lowest BCUT2D eigenvalue weighted by Crippen LogP contribution is -2.28. The Morgan fingerprint density at radius 1 is 1.33 bits per heavy atom. The molecule has 0 aromatic carbocycles. The molecule has 0 aliphatic carbocycles. The number of carbonyl (C=O) groups is 2. The first-order chi connectivity index (χ1) is 14.2. The third kappa shape index (κ3) is 5.35. The van der Waals surface area contributed by atoms with Gasteiger partial charge in [-0.1, -0.05) is 30.6 Å². The second-order valence-corrected chi connectivity index (χ2v) is 9.40. The number of aryl methyl sites for hydroxylation is 1. The van der Waals surface area contributed by atoms with Gasteiger partial charge in [0, 0.05) is 29.4 Å². The zero-order valence-electron chi connectivity index (χ0n) is 16.9. The van der Waals surface area contributed by atoms with Crippen LogP contribution in [-0.4, -0.2) is 38.4 Å². The molecule has 0 saturated heterocycles. The van der Waals surface area contributed by atoms with Crippen molar-refractivity contribution in [2.24, 2.45) is 0 Å². The fourth-order valence-corrected chi connectivity index (χ4v) is 4.24. The number of aromatic nitrogens is 3. The van der Waals surface area contributed by atoms with Crippen LogP contribution in [0.1, 0.15) is 52.3 Å². The molecule has 2 N–H and O–H groups in total. The van der Waals surface area contributed by atoms with Crippen molar-refractivity contribution >= 4 is 51.5 Å². The fourth-order valence-electron chi connectivity index (χ4n) is 2.64. The first-order valence-electron chi connectivity index (χ1n) is 9.08. The van der Waals surface area contributed by atoms with E-state index < -0.39 is 6.03 Å². The molecule has 0 saturated carbocycles. The van der Waals surface area contributed by atoms with Crippen LogP contribution < -0.4 is 10.6 Å². The first-order valence-corrected chi connectivity index (χ1v) is 11.0. The summed E-state index contributed by atoms with van der Waals surface area (Å²) in [5.41, 5.74) is 1.02. The number of anilines is 1. The molecule has 0 spiro atoms. The van der Waals surface area contributed by atoms with E-state index in [-0.39, 0.29) is 18.4 Å². The number of nitrogens with one attached hydrogen (secondary N) is 2. The summed E-state index contributed by atoms with van der Waals surface area (Å²) in [5, 5.41) is 9.63. The summed E-state index contributed by atoms with van der Waals surface area (Å²) in [5.74, 6) is 0.808. The molecule has 0 atom stereocenters. The molecule has 9 nitrogen and oxygen atoms in total. The van der Waals surface area contributed by atoms with Crippen molar-refractivity contribution in [2.45, 2.75) is 39.8 Å². The van der Waals surface area contributed by atoms with E-state index in [2.05, 4.69) is 25.1 Å². The van der Waals surface area contributed by atoms with Gasteiger partial charge in [0.1, 0.15) is 5.56 Å². The van der Waals surface area contributed by atoms with Gasteiger partial charge < -0.3 is 14.7 Å². The van der Waals surface area contributed by atoms with Crippen molar-refractivity contribution in [1.29, 1.82) is 0 Å². The molecule has 160 valence electrons. The Kier molecular flexibility index (Phi) is 7.06. The van der Waals surface area contributed by atoms with Crippen LogP contribution in [0, 0.1) is 6.92 Å². The number of carbonyl (C=O) groups excluding carboxylic acids is 2. The van der Waals surface area contributed by atoms with Crippen LogP contribution in [0.3, 0.4) is 0 Å². The third-order valence-electron chi connectivity index (χ3n) is 4.09. The highest BCUT2D eigenvalue weighted by Crippen LogP contribution is 2.24. The average molecular weight is 469 g/mol. The summed E-state index contributed by atoms with van der Waals surface area (Å²) in [6, 6.07) is 3.24. The Morgan fingerprint density at radius 3 is 2.77 bits per heavy atom. The predicted molar refractivity (Wildman–Crippen MR) is 116 cm³/mol. The van der Waals surface area contributed by atoms with E-state index in [1.54, 1.807) is 20.0 Å². The predicted octanol–water partition coefficient (Wildman–Crippen LogP) is 4.27. The number of halogens is 1. The van der Waals surface area contributed by atoms with Crippen LogP contribution in [0.2, 0.25) is 4.34 Å². The maximum Gasteiger partial charge on any atom is 0.321 e.